The van der Waals surface area contributed by atoms with Crippen molar-refractivity contribution in [3.63, 3.8) is 0 Å². The van der Waals surface area contributed by atoms with Crippen molar-refractivity contribution < 1.29 is 4.74 Å². The lowest BCUT2D eigenvalue weighted by molar-refractivity contribution is 0.221. The number of nitrogens with zero attached hydrogens (tertiary/aromatic N) is 4. The number of imidazole rings is 1. The summed E-state index contributed by atoms with van der Waals surface area (Å²) in [6, 6.07) is 0. The normalized spacial score (nSPS) is 12.9. The van der Waals surface area contributed by atoms with E-state index < -0.39 is 0 Å². The first-order valence-electron chi connectivity index (χ1n) is 6.69. The standard InChI is InChI=1S/C14H23N5O/c1-13(2,3)7-14(4,5)19-10-9(18-12(19)15)11(20-6)17-8-16-10/h8H,7H2,1-6H3,(H2,15,18). The fourth-order valence-corrected chi connectivity index (χ4v) is 3.01. The maximum Gasteiger partial charge on any atom is 0.245 e. The number of fused-ring (bicyclic) bond motifs is 1. The number of rotatable bonds is 3. The van der Waals surface area contributed by atoms with Crippen LogP contribution in [0.4, 0.5) is 5.95 Å². The maximum absolute atomic E-state index is 6.11. The Hall–Kier alpha value is -1.85. The summed E-state index contributed by atoms with van der Waals surface area (Å²) in [5.74, 6) is 0.889. The molecule has 0 amide bonds. The van der Waals surface area contributed by atoms with Gasteiger partial charge in [-0.1, -0.05) is 20.8 Å². The van der Waals surface area contributed by atoms with E-state index in [2.05, 4.69) is 49.6 Å². The van der Waals surface area contributed by atoms with Gasteiger partial charge in [-0.2, -0.15) is 4.98 Å². The quantitative estimate of drug-likeness (QED) is 0.932. The van der Waals surface area contributed by atoms with Crippen molar-refractivity contribution in [2.75, 3.05) is 12.8 Å². The Kier molecular flexibility index (Phi) is 3.36. The highest BCUT2D eigenvalue weighted by Crippen LogP contribution is 2.36. The lowest BCUT2D eigenvalue weighted by Gasteiger charge is -2.34. The third kappa shape index (κ3) is 2.55. The van der Waals surface area contributed by atoms with Crippen LogP contribution in [-0.2, 0) is 5.54 Å². The van der Waals surface area contributed by atoms with Crippen LogP contribution in [0.25, 0.3) is 11.2 Å². The van der Waals surface area contributed by atoms with E-state index in [9.17, 15) is 0 Å². The van der Waals surface area contributed by atoms with E-state index in [0.717, 1.165) is 6.42 Å². The average Bonchev–Trinajstić information content (AvgIpc) is 2.61. The highest BCUT2D eigenvalue weighted by atomic mass is 16.5. The predicted octanol–water partition coefficient (Wildman–Crippen LogP) is 2.59. The Morgan fingerprint density at radius 2 is 1.85 bits per heavy atom. The maximum atomic E-state index is 6.11. The van der Waals surface area contributed by atoms with E-state index in [-0.39, 0.29) is 11.0 Å². The van der Waals surface area contributed by atoms with Crippen molar-refractivity contribution in [3.8, 4) is 5.88 Å². The topological polar surface area (TPSA) is 78.8 Å². The van der Waals surface area contributed by atoms with Gasteiger partial charge in [0.15, 0.2) is 11.2 Å². The monoisotopic (exact) mass is 277 g/mol. The second kappa shape index (κ2) is 4.61. The summed E-state index contributed by atoms with van der Waals surface area (Å²) in [4.78, 5) is 12.8. The fourth-order valence-electron chi connectivity index (χ4n) is 3.01. The smallest absolute Gasteiger partial charge is 0.245 e. The molecular weight excluding hydrogens is 254 g/mol. The number of hydrogen-bond acceptors (Lipinski definition) is 5. The summed E-state index contributed by atoms with van der Waals surface area (Å²) in [6.07, 6.45) is 2.42. The largest absolute Gasteiger partial charge is 0.479 e. The number of methoxy groups -OCH3 is 1. The Labute approximate surface area is 119 Å². The summed E-state index contributed by atoms with van der Waals surface area (Å²) >= 11 is 0. The van der Waals surface area contributed by atoms with Crippen LogP contribution in [0.3, 0.4) is 0 Å². The second-order valence-electron chi connectivity index (χ2n) is 6.91. The lowest BCUT2D eigenvalue weighted by Crippen LogP contribution is -2.32. The zero-order valence-electron chi connectivity index (χ0n) is 13.1. The Morgan fingerprint density at radius 1 is 1.20 bits per heavy atom. The molecule has 0 aromatic carbocycles. The molecule has 2 rings (SSSR count). The van der Waals surface area contributed by atoms with E-state index in [4.69, 9.17) is 10.5 Å². The summed E-state index contributed by atoms with van der Waals surface area (Å²) in [6.45, 7) is 10.9. The van der Waals surface area contributed by atoms with Gasteiger partial charge in [-0.25, -0.2) is 9.97 Å². The number of aromatic nitrogens is 4. The van der Waals surface area contributed by atoms with Crippen LogP contribution in [0.5, 0.6) is 5.88 Å². The van der Waals surface area contributed by atoms with Crippen LogP contribution in [0.2, 0.25) is 0 Å². The van der Waals surface area contributed by atoms with Gasteiger partial charge in [-0.3, -0.25) is 4.57 Å². The second-order valence-corrected chi connectivity index (χ2v) is 6.91. The highest BCUT2D eigenvalue weighted by Gasteiger charge is 2.31. The molecule has 0 aliphatic carbocycles. The van der Waals surface area contributed by atoms with Gasteiger partial charge in [0.1, 0.15) is 6.33 Å². The molecule has 0 atom stereocenters. The number of ether oxygens (including phenoxy) is 1. The van der Waals surface area contributed by atoms with Gasteiger partial charge in [0, 0.05) is 5.54 Å². The van der Waals surface area contributed by atoms with Crippen LogP contribution < -0.4 is 10.5 Å². The molecule has 6 nitrogen and oxygen atoms in total. The molecule has 2 N–H and O–H groups in total. The summed E-state index contributed by atoms with van der Waals surface area (Å²) in [5.41, 5.74) is 7.40. The van der Waals surface area contributed by atoms with Gasteiger partial charge in [-0.05, 0) is 25.7 Å². The van der Waals surface area contributed by atoms with Crippen LogP contribution in [0.15, 0.2) is 6.33 Å². The van der Waals surface area contributed by atoms with Crippen molar-refractivity contribution in [2.45, 2.75) is 46.6 Å². The predicted molar refractivity (Wildman–Crippen MR) is 79.7 cm³/mol. The van der Waals surface area contributed by atoms with Gasteiger partial charge < -0.3 is 10.5 Å². The minimum absolute atomic E-state index is 0.170. The van der Waals surface area contributed by atoms with Crippen LogP contribution >= 0.6 is 0 Å². The molecule has 0 saturated heterocycles. The molecule has 0 saturated carbocycles. The van der Waals surface area contributed by atoms with Crippen molar-refractivity contribution in [1.82, 2.24) is 19.5 Å². The molecule has 0 aliphatic heterocycles. The molecule has 20 heavy (non-hydrogen) atoms. The van der Waals surface area contributed by atoms with E-state index in [1.54, 1.807) is 7.11 Å². The third-order valence-corrected chi connectivity index (χ3v) is 3.20. The molecule has 2 heterocycles. The van der Waals surface area contributed by atoms with E-state index in [1.165, 1.54) is 6.33 Å². The first-order valence-corrected chi connectivity index (χ1v) is 6.69. The number of nitrogen functional groups attached to an aromatic ring is 1. The van der Waals surface area contributed by atoms with Crippen LogP contribution in [-0.4, -0.2) is 26.6 Å². The molecule has 2 aromatic rings. The van der Waals surface area contributed by atoms with Crippen molar-refractivity contribution in [2.24, 2.45) is 5.41 Å². The summed E-state index contributed by atoms with van der Waals surface area (Å²) in [7, 11) is 1.57. The summed E-state index contributed by atoms with van der Waals surface area (Å²) < 4.78 is 7.20. The van der Waals surface area contributed by atoms with Crippen molar-refractivity contribution >= 4 is 17.1 Å². The molecule has 2 aromatic heterocycles. The number of anilines is 1. The molecule has 0 unspecified atom stereocenters. The highest BCUT2D eigenvalue weighted by molar-refractivity contribution is 5.79. The van der Waals surface area contributed by atoms with Crippen molar-refractivity contribution in [1.29, 1.82) is 0 Å². The van der Waals surface area contributed by atoms with Crippen LogP contribution in [0.1, 0.15) is 41.0 Å². The molecule has 0 spiro atoms. The van der Waals surface area contributed by atoms with Gasteiger partial charge >= 0.3 is 0 Å². The first-order chi connectivity index (χ1) is 9.15. The number of hydrogen-bond donors (Lipinski definition) is 1. The van der Waals surface area contributed by atoms with E-state index in [1.807, 2.05) is 4.57 Å². The molecule has 0 bridgehead atoms. The van der Waals surface area contributed by atoms with Gasteiger partial charge in [0.2, 0.25) is 11.8 Å². The zero-order chi connectivity index (χ0) is 15.1. The van der Waals surface area contributed by atoms with E-state index >= 15 is 0 Å². The average molecular weight is 277 g/mol. The minimum atomic E-state index is -0.198. The summed E-state index contributed by atoms with van der Waals surface area (Å²) in [5, 5.41) is 0. The molecule has 0 fully saturated rings. The third-order valence-electron chi connectivity index (χ3n) is 3.20. The van der Waals surface area contributed by atoms with Gasteiger partial charge in [0.05, 0.1) is 7.11 Å². The molecule has 6 heteroatoms. The Morgan fingerprint density at radius 3 is 2.40 bits per heavy atom. The molecule has 0 radical (unpaired) electrons. The van der Waals surface area contributed by atoms with Gasteiger partial charge in [0.25, 0.3) is 0 Å². The molecular formula is C14H23N5O. The fraction of sp³-hybridized carbons (Fsp3) is 0.643. The van der Waals surface area contributed by atoms with Crippen LogP contribution in [0, 0.1) is 5.41 Å². The van der Waals surface area contributed by atoms with Crippen molar-refractivity contribution in [3.05, 3.63) is 6.33 Å². The lowest BCUT2D eigenvalue weighted by atomic mass is 9.81. The van der Waals surface area contributed by atoms with Gasteiger partial charge in [-0.15, -0.1) is 0 Å². The molecule has 110 valence electrons. The molecule has 0 aliphatic rings. The van der Waals surface area contributed by atoms with E-state index in [0.29, 0.717) is 23.0 Å². The zero-order valence-corrected chi connectivity index (χ0v) is 13.1. The number of nitrogens with two attached hydrogens (primary N) is 1. The first kappa shape index (κ1) is 14.6. The Bertz CT molecular complexity index is 624. The Balaban J connectivity index is 2.63. The minimum Gasteiger partial charge on any atom is -0.479 e. The SMILES string of the molecule is COc1ncnc2c1nc(N)n2C(C)(C)CC(C)(C)C.